The third-order valence-corrected chi connectivity index (χ3v) is 4.18. The second kappa shape index (κ2) is 6.34. The van der Waals surface area contributed by atoms with Crippen molar-refractivity contribution in [3.8, 4) is 11.3 Å². The van der Waals surface area contributed by atoms with Crippen LogP contribution in [0.4, 0.5) is 4.39 Å². The van der Waals surface area contributed by atoms with E-state index in [2.05, 4.69) is 39.8 Å². The van der Waals surface area contributed by atoms with E-state index in [0.717, 1.165) is 35.5 Å². The molecule has 1 aliphatic rings. The van der Waals surface area contributed by atoms with E-state index in [1.807, 2.05) is 24.3 Å². The summed E-state index contributed by atoms with van der Waals surface area (Å²) in [6.45, 7) is 1.56. The van der Waals surface area contributed by atoms with Crippen LogP contribution in [0.25, 0.3) is 16.8 Å². The van der Waals surface area contributed by atoms with Gasteiger partial charge in [-0.15, -0.1) is 0 Å². The second-order valence-corrected chi connectivity index (χ2v) is 5.74. The summed E-state index contributed by atoms with van der Waals surface area (Å²) in [7, 11) is 0. The van der Waals surface area contributed by atoms with Gasteiger partial charge in [-0.3, -0.25) is 0 Å². The predicted octanol–water partition coefficient (Wildman–Crippen LogP) is 3.82. The van der Waals surface area contributed by atoms with Crippen molar-refractivity contribution in [2.24, 2.45) is 0 Å². The maximum absolute atomic E-state index is 13.2. The van der Waals surface area contributed by atoms with Gasteiger partial charge in [0.1, 0.15) is 5.82 Å². The lowest BCUT2D eigenvalue weighted by molar-refractivity contribution is 0.627. The van der Waals surface area contributed by atoms with Crippen molar-refractivity contribution in [3.05, 3.63) is 89.4 Å². The van der Waals surface area contributed by atoms with Crippen molar-refractivity contribution in [3.63, 3.8) is 0 Å². The maximum atomic E-state index is 13.2. The predicted molar refractivity (Wildman–Crippen MR) is 92.7 cm³/mol. The fourth-order valence-electron chi connectivity index (χ4n) is 3.01. The van der Waals surface area contributed by atoms with Gasteiger partial charge in [0.15, 0.2) is 0 Å². The highest BCUT2D eigenvalue weighted by atomic mass is 19.1. The zero-order valence-electron chi connectivity index (χ0n) is 13.0. The molecule has 3 aromatic rings. The van der Waals surface area contributed by atoms with Crippen LogP contribution in [0, 0.1) is 5.82 Å². The topological polar surface area (TPSA) is 37.8 Å². The number of aromatic nitrogens is 2. The Hall–Kier alpha value is -2.85. The minimum atomic E-state index is -0.218. The van der Waals surface area contributed by atoms with Crippen LogP contribution < -0.4 is 5.32 Å². The first-order valence-corrected chi connectivity index (χ1v) is 7.89. The van der Waals surface area contributed by atoms with Crippen molar-refractivity contribution < 1.29 is 4.39 Å². The molecule has 4 rings (SSSR count). The molecule has 1 aromatic heterocycles. The highest BCUT2D eigenvalue weighted by molar-refractivity contribution is 5.83. The van der Waals surface area contributed by atoms with E-state index >= 15 is 0 Å². The zero-order valence-corrected chi connectivity index (χ0v) is 13.0. The molecule has 0 atom stereocenters. The molecule has 118 valence electrons. The molecule has 24 heavy (non-hydrogen) atoms. The lowest BCUT2D eigenvalue weighted by atomic mass is 9.92. The summed E-state index contributed by atoms with van der Waals surface area (Å²) in [4.78, 5) is 0. The molecule has 0 spiro atoms. The van der Waals surface area contributed by atoms with Crippen LogP contribution >= 0.6 is 0 Å². The van der Waals surface area contributed by atoms with Crippen molar-refractivity contribution in [2.75, 3.05) is 6.54 Å². The summed E-state index contributed by atoms with van der Waals surface area (Å²) in [5, 5.41) is 11.5. The Morgan fingerprint density at radius 2 is 1.79 bits per heavy atom. The summed E-state index contributed by atoms with van der Waals surface area (Å²) < 4.78 is 13.2. The highest BCUT2D eigenvalue weighted by Gasteiger charge is 2.14. The molecule has 1 N–H and O–H groups in total. The molecule has 0 amide bonds. The maximum Gasteiger partial charge on any atom is 0.123 e. The van der Waals surface area contributed by atoms with Crippen molar-refractivity contribution >= 4 is 5.57 Å². The molecular weight excluding hydrogens is 301 g/mol. The molecule has 4 heteroatoms. The van der Waals surface area contributed by atoms with Crippen molar-refractivity contribution in [1.29, 1.82) is 0 Å². The smallest absolute Gasteiger partial charge is 0.123 e. The Morgan fingerprint density at radius 1 is 0.958 bits per heavy atom. The first kappa shape index (κ1) is 14.7. The van der Waals surface area contributed by atoms with Crippen LogP contribution in [0.2, 0.25) is 0 Å². The third-order valence-electron chi connectivity index (χ3n) is 4.18. The van der Waals surface area contributed by atoms with E-state index in [0.29, 0.717) is 0 Å². The third kappa shape index (κ3) is 2.84. The first-order valence-electron chi connectivity index (χ1n) is 7.89. The van der Waals surface area contributed by atoms with Gasteiger partial charge >= 0.3 is 0 Å². The van der Waals surface area contributed by atoms with Gasteiger partial charge in [0.2, 0.25) is 0 Å². The molecule has 1 aliphatic heterocycles. The summed E-state index contributed by atoms with van der Waals surface area (Å²) >= 11 is 0. The Morgan fingerprint density at radius 3 is 2.58 bits per heavy atom. The van der Waals surface area contributed by atoms with Gasteiger partial charge in [0.25, 0.3) is 0 Å². The fourth-order valence-corrected chi connectivity index (χ4v) is 3.01. The molecule has 0 aliphatic carbocycles. The average molecular weight is 317 g/mol. The number of nitrogens with zero attached hydrogens (tertiary/aromatic N) is 2. The van der Waals surface area contributed by atoms with Crippen LogP contribution in [-0.4, -0.2) is 16.7 Å². The molecule has 0 unspecified atom stereocenters. The zero-order chi connectivity index (χ0) is 16.4. The van der Waals surface area contributed by atoms with E-state index in [1.165, 1.54) is 23.3 Å². The van der Waals surface area contributed by atoms with E-state index < -0.39 is 0 Å². The van der Waals surface area contributed by atoms with Crippen LogP contribution in [0.3, 0.4) is 0 Å². The quantitative estimate of drug-likeness (QED) is 0.781. The monoisotopic (exact) mass is 317 g/mol. The van der Waals surface area contributed by atoms with Gasteiger partial charge in [-0.05, 0) is 52.6 Å². The van der Waals surface area contributed by atoms with E-state index in [4.69, 9.17) is 0 Å². The Kier molecular flexibility index (Phi) is 3.89. The molecule has 0 fully saturated rings. The Bertz CT molecular complexity index is 887. The van der Waals surface area contributed by atoms with Crippen LogP contribution in [0.1, 0.15) is 16.7 Å². The normalized spacial score (nSPS) is 13.8. The van der Waals surface area contributed by atoms with Crippen molar-refractivity contribution in [2.45, 2.75) is 6.54 Å². The molecule has 0 radical (unpaired) electrons. The van der Waals surface area contributed by atoms with Gasteiger partial charge in [-0.25, -0.2) is 4.39 Å². The van der Waals surface area contributed by atoms with E-state index in [-0.39, 0.29) is 5.82 Å². The fraction of sp³-hybridized carbons (Fsp3) is 0.100. The number of benzene rings is 2. The molecule has 2 heterocycles. The second-order valence-electron chi connectivity index (χ2n) is 5.74. The molecule has 2 aromatic carbocycles. The number of nitrogens with one attached hydrogen (secondary N) is 1. The molecule has 0 saturated carbocycles. The Balaban J connectivity index is 1.79. The molecular formula is C20H16FN3. The minimum Gasteiger partial charge on any atom is -0.309 e. The van der Waals surface area contributed by atoms with Gasteiger partial charge < -0.3 is 5.32 Å². The number of hydrogen-bond acceptors (Lipinski definition) is 3. The van der Waals surface area contributed by atoms with Gasteiger partial charge in [0.05, 0.1) is 5.69 Å². The van der Waals surface area contributed by atoms with Gasteiger partial charge in [0, 0.05) is 24.8 Å². The highest BCUT2D eigenvalue weighted by Crippen LogP contribution is 2.30. The van der Waals surface area contributed by atoms with Crippen LogP contribution in [0.5, 0.6) is 0 Å². The summed E-state index contributed by atoms with van der Waals surface area (Å²) in [5.41, 5.74) is 6.42. The minimum absolute atomic E-state index is 0.218. The largest absolute Gasteiger partial charge is 0.309 e. The van der Waals surface area contributed by atoms with Crippen LogP contribution in [0.15, 0.2) is 66.9 Å². The first-order chi connectivity index (χ1) is 11.8. The number of hydrogen-bond donors (Lipinski definition) is 1. The standard InChI is InChI=1S/C20H16FN3/c21-17-6-3-14(4-7-17)19-9-11-22-13-16-12-15(5-8-18(16)19)20-2-1-10-23-24-20/h1-10,12,22H,11,13H2. The lowest BCUT2D eigenvalue weighted by Gasteiger charge is -2.13. The van der Waals surface area contributed by atoms with Gasteiger partial charge in [-0.2, -0.15) is 10.2 Å². The number of fused-ring (bicyclic) bond motifs is 1. The molecule has 3 nitrogen and oxygen atoms in total. The van der Waals surface area contributed by atoms with Crippen molar-refractivity contribution in [1.82, 2.24) is 15.5 Å². The SMILES string of the molecule is Fc1ccc(C2=CCNCc3cc(-c4cccnn4)ccc32)cc1. The summed E-state index contributed by atoms with van der Waals surface area (Å²) in [6.07, 6.45) is 3.82. The average Bonchev–Trinajstić information content (AvgIpc) is 2.85. The lowest BCUT2D eigenvalue weighted by Crippen LogP contribution is -2.11. The summed E-state index contributed by atoms with van der Waals surface area (Å²) in [5.74, 6) is -0.218. The van der Waals surface area contributed by atoms with E-state index in [9.17, 15) is 4.39 Å². The van der Waals surface area contributed by atoms with Gasteiger partial charge in [-0.1, -0.05) is 30.3 Å². The number of rotatable bonds is 2. The molecule has 0 saturated heterocycles. The van der Waals surface area contributed by atoms with Crippen LogP contribution in [-0.2, 0) is 6.54 Å². The number of halogens is 1. The summed E-state index contributed by atoms with van der Waals surface area (Å²) in [6, 6.07) is 16.8. The molecule has 0 bridgehead atoms. The van der Waals surface area contributed by atoms with E-state index in [1.54, 1.807) is 6.20 Å². The Labute approximate surface area is 139 Å².